The predicted octanol–water partition coefficient (Wildman–Crippen LogP) is 2.75. The first-order valence-corrected chi connectivity index (χ1v) is 7.17. The Morgan fingerprint density at radius 2 is 2.05 bits per heavy atom. The lowest BCUT2D eigenvalue weighted by Crippen LogP contribution is -2.37. The van der Waals surface area contributed by atoms with Crippen molar-refractivity contribution in [2.24, 2.45) is 0 Å². The Bertz CT molecular complexity index is 426. The van der Waals surface area contributed by atoms with Gasteiger partial charge in [-0.15, -0.1) is 0 Å². The number of aromatic nitrogens is 1. The maximum absolute atomic E-state index is 5.26. The SMILES string of the molecule is COCC(C)N(C)c1cc(C)ncc1CNC(C)(C)C. The molecule has 0 aliphatic heterocycles. The molecule has 0 spiro atoms. The summed E-state index contributed by atoms with van der Waals surface area (Å²) in [6.07, 6.45) is 1.97. The molecule has 1 aromatic heterocycles. The topological polar surface area (TPSA) is 37.4 Å². The highest BCUT2D eigenvalue weighted by Crippen LogP contribution is 2.22. The Labute approximate surface area is 123 Å². The molecule has 1 rings (SSSR count). The second kappa shape index (κ2) is 7.04. The van der Waals surface area contributed by atoms with Crippen LogP contribution in [0, 0.1) is 6.92 Å². The third kappa shape index (κ3) is 5.10. The Kier molecular flexibility index (Phi) is 5.96. The maximum atomic E-state index is 5.26. The van der Waals surface area contributed by atoms with Gasteiger partial charge in [-0.2, -0.15) is 0 Å². The van der Waals surface area contributed by atoms with E-state index in [1.807, 2.05) is 13.1 Å². The van der Waals surface area contributed by atoms with E-state index in [4.69, 9.17) is 4.74 Å². The van der Waals surface area contributed by atoms with Crippen molar-refractivity contribution < 1.29 is 4.74 Å². The van der Waals surface area contributed by atoms with Crippen LogP contribution in [-0.2, 0) is 11.3 Å². The second-order valence-electron chi connectivity index (χ2n) is 6.47. The molecular weight excluding hydrogens is 250 g/mol. The van der Waals surface area contributed by atoms with Crippen LogP contribution in [0.15, 0.2) is 12.3 Å². The number of anilines is 1. The minimum absolute atomic E-state index is 0.0961. The summed E-state index contributed by atoms with van der Waals surface area (Å²) < 4.78 is 5.26. The van der Waals surface area contributed by atoms with Gasteiger partial charge in [-0.3, -0.25) is 4.98 Å². The van der Waals surface area contributed by atoms with Crippen LogP contribution >= 0.6 is 0 Å². The summed E-state index contributed by atoms with van der Waals surface area (Å²) in [4.78, 5) is 6.69. The Hall–Kier alpha value is -1.13. The van der Waals surface area contributed by atoms with Gasteiger partial charge in [0.25, 0.3) is 0 Å². The Morgan fingerprint density at radius 1 is 1.40 bits per heavy atom. The van der Waals surface area contributed by atoms with Crippen LogP contribution in [-0.4, -0.2) is 37.3 Å². The van der Waals surface area contributed by atoms with Gasteiger partial charge in [-0.25, -0.2) is 0 Å². The molecule has 20 heavy (non-hydrogen) atoms. The minimum atomic E-state index is 0.0961. The quantitative estimate of drug-likeness (QED) is 0.869. The van der Waals surface area contributed by atoms with Crippen molar-refractivity contribution in [1.82, 2.24) is 10.3 Å². The molecule has 4 heteroatoms. The molecule has 4 nitrogen and oxygen atoms in total. The molecular formula is C16H29N3O. The normalized spacial score (nSPS) is 13.3. The van der Waals surface area contributed by atoms with Gasteiger partial charge in [-0.05, 0) is 40.7 Å². The Balaban J connectivity index is 2.95. The number of methoxy groups -OCH3 is 1. The number of likely N-dealkylation sites (N-methyl/N-ethyl adjacent to an activating group) is 1. The average Bonchev–Trinajstić information content (AvgIpc) is 2.35. The van der Waals surface area contributed by atoms with Gasteiger partial charge in [0.1, 0.15) is 0 Å². The van der Waals surface area contributed by atoms with Gasteiger partial charge in [0, 0.05) is 55.4 Å². The van der Waals surface area contributed by atoms with Crippen molar-refractivity contribution in [2.45, 2.75) is 52.7 Å². The number of nitrogens with zero attached hydrogens (tertiary/aromatic N) is 2. The van der Waals surface area contributed by atoms with Crippen molar-refractivity contribution in [3.05, 3.63) is 23.5 Å². The number of hydrogen-bond acceptors (Lipinski definition) is 4. The molecule has 0 saturated carbocycles. The average molecular weight is 279 g/mol. The number of hydrogen-bond donors (Lipinski definition) is 1. The molecule has 1 heterocycles. The van der Waals surface area contributed by atoms with E-state index < -0.39 is 0 Å². The van der Waals surface area contributed by atoms with E-state index in [9.17, 15) is 0 Å². The molecule has 0 amide bonds. The smallest absolute Gasteiger partial charge is 0.0663 e. The van der Waals surface area contributed by atoms with E-state index in [2.05, 4.69) is 56.0 Å². The largest absolute Gasteiger partial charge is 0.383 e. The fourth-order valence-corrected chi connectivity index (χ4v) is 1.99. The minimum Gasteiger partial charge on any atom is -0.383 e. The first-order chi connectivity index (χ1) is 9.24. The molecule has 0 radical (unpaired) electrons. The Morgan fingerprint density at radius 3 is 2.60 bits per heavy atom. The lowest BCUT2D eigenvalue weighted by Gasteiger charge is -2.30. The van der Waals surface area contributed by atoms with E-state index in [1.165, 1.54) is 11.3 Å². The highest BCUT2D eigenvalue weighted by atomic mass is 16.5. The van der Waals surface area contributed by atoms with Crippen molar-refractivity contribution in [3.8, 4) is 0 Å². The summed E-state index contributed by atoms with van der Waals surface area (Å²) in [5.74, 6) is 0. The molecule has 0 bridgehead atoms. The molecule has 1 N–H and O–H groups in total. The van der Waals surface area contributed by atoms with Crippen LogP contribution in [0.4, 0.5) is 5.69 Å². The number of nitrogens with one attached hydrogen (secondary N) is 1. The van der Waals surface area contributed by atoms with Gasteiger partial charge >= 0.3 is 0 Å². The fourth-order valence-electron chi connectivity index (χ4n) is 1.99. The van der Waals surface area contributed by atoms with Crippen LogP contribution in [0.1, 0.15) is 39.0 Å². The van der Waals surface area contributed by atoms with Crippen LogP contribution in [0.3, 0.4) is 0 Å². The first kappa shape index (κ1) is 16.9. The van der Waals surface area contributed by atoms with Crippen molar-refractivity contribution in [2.75, 3.05) is 25.7 Å². The predicted molar refractivity (Wildman–Crippen MR) is 85.3 cm³/mol. The van der Waals surface area contributed by atoms with Gasteiger partial charge in [0.2, 0.25) is 0 Å². The molecule has 0 aliphatic rings. The molecule has 0 saturated heterocycles. The summed E-state index contributed by atoms with van der Waals surface area (Å²) in [5, 5.41) is 3.53. The number of rotatable bonds is 6. The highest BCUT2D eigenvalue weighted by molar-refractivity contribution is 5.53. The fraction of sp³-hybridized carbons (Fsp3) is 0.688. The molecule has 1 atom stereocenters. The maximum Gasteiger partial charge on any atom is 0.0663 e. The lowest BCUT2D eigenvalue weighted by molar-refractivity contribution is 0.183. The summed E-state index contributed by atoms with van der Waals surface area (Å²) in [7, 11) is 3.85. The molecule has 0 fully saturated rings. The summed E-state index contributed by atoms with van der Waals surface area (Å²) in [6.45, 7) is 12.2. The van der Waals surface area contributed by atoms with Gasteiger partial charge in [0.15, 0.2) is 0 Å². The molecule has 1 aromatic rings. The van der Waals surface area contributed by atoms with Crippen LogP contribution in [0.2, 0.25) is 0 Å². The highest BCUT2D eigenvalue weighted by Gasteiger charge is 2.16. The van der Waals surface area contributed by atoms with Crippen LogP contribution < -0.4 is 10.2 Å². The van der Waals surface area contributed by atoms with E-state index in [0.717, 1.165) is 12.2 Å². The monoisotopic (exact) mass is 279 g/mol. The molecule has 0 aliphatic carbocycles. The zero-order valence-electron chi connectivity index (χ0n) is 13.9. The zero-order chi connectivity index (χ0) is 15.3. The van der Waals surface area contributed by atoms with Crippen molar-refractivity contribution in [1.29, 1.82) is 0 Å². The van der Waals surface area contributed by atoms with E-state index >= 15 is 0 Å². The van der Waals surface area contributed by atoms with Gasteiger partial charge in [-0.1, -0.05) is 0 Å². The summed E-state index contributed by atoms with van der Waals surface area (Å²) >= 11 is 0. The summed E-state index contributed by atoms with van der Waals surface area (Å²) in [6, 6.07) is 2.47. The van der Waals surface area contributed by atoms with Crippen molar-refractivity contribution >= 4 is 5.69 Å². The molecule has 0 aromatic carbocycles. The third-order valence-electron chi connectivity index (χ3n) is 3.36. The number of pyridine rings is 1. The zero-order valence-corrected chi connectivity index (χ0v) is 13.9. The van der Waals surface area contributed by atoms with E-state index in [0.29, 0.717) is 12.6 Å². The van der Waals surface area contributed by atoms with E-state index in [-0.39, 0.29) is 5.54 Å². The molecule has 1 unspecified atom stereocenters. The first-order valence-electron chi connectivity index (χ1n) is 7.17. The van der Waals surface area contributed by atoms with Crippen molar-refractivity contribution in [3.63, 3.8) is 0 Å². The molecule has 114 valence electrons. The van der Waals surface area contributed by atoms with Crippen LogP contribution in [0.25, 0.3) is 0 Å². The number of ether oxygens (including phenoxy) is 1. The summed E-state index contributed by atoms with van der Waals surface area (Å²) in [5.41, 5.74) is 3.57. The number of aryl methyl sites for hydroxylation is 1. The second-order valence-corrected chi connectivity index (χ2v) is 6.47. The third-order valence-corrected chi connectivity index (χ3v) is 3.36. The van der Waals surface area contributed by atoms with Crippen LogP contribution in [0.5, 0.6) is 0 Å². The standard InChI is InChI=1S/C16H29N3O/c1-12-8-15(19(6)13(2)11-20-7)14(9-17-12)10-18-16(3,4)5/h8-9,13,18H,10-11H2,1-7H3. The van der Waals surface area contributed by atoms with Gasteiger partial charge in [0.05, 0.1) is 6.61 Å². The van der Waals surface area contributed by atoms with Gasteiger partial charge < -0.3 is 15.0 Å². The lowest BCUT2D eigenvalue weighted by atomic mass is 10.1. The van der Waals surface area contributed by atoms with E-state index in [1.54, 1.807) is 7.11 Å².